The van der Waals surface area contributed by atoms with E-state index in [1.807, 2.05) is 36.6 Å². The second kappa shape index (κ2) is 7.49. The molecule has 1 amide bonds. The third kappa shape index (κ3) is 4.55. The van der Waals surface area contributed by atoms with Crippen LogP contribution in [-0.2, 0) is 4.79 Å². The Bertz CT molecular complexity index is 526. The number of anilines is 1. The highest BCUT2D eigenvalue weighted by Crippen LogP contribution is 2.17. The average molecular weight is 292 g/mol. The number of ether oxygens (including phenoxy) is 2. The maximum Gasteiger partial charge on any atom is 0.229 e. The SMILES string of the molecule is CCOc1ccc(OCCC(=O)Nc2nccs2)cc1. The van der Waals surface area contributed by atoms with Crippen LogP contribution in [0.2, 0.25) is 0 Å². The van der Waals surface area contributed by atoms with Crippen molar-refractivity contribution in [1.82, 2.24) is 4.98 Å². The predicted octanol–water partition coefficient (Wildman–Crippen LogP) is 2.95. The molecule has 106 valence electrons. The molecule has 1 aromatic heterocycles. The van der Waals surface area contributed by atoms with Gasteiger partial charge >= 0.3 is 0 Å². The number of carbonyl (C=O) groups excluding carboxylic acids is 1. The van der Waals surface area contributed by atoms with Gasteiger partial charge in [-0.05, 0) is 31.2 Å². The fraction of sp³-hybridized carbons (Fsp3) is 0.286. The number of thiazole rings is 1. The lowest BCUT2D eigenvalue weighted by atomic mass is 10.3. The summed E-state index contributed by atoms with van der Waals surface area (Å²) in [6.07, 6.45) is 1.93. The second-order valence-electron chi connectivity index (χ2n) is 3.89. The van der Waals surface area contributed by atoms with E-state index in [-0.39, 0.29) is 12.3 Å². The van der Waals surface area contributed by atoms with Gasteiger partial charge in [0.25, 0.3) is 0 Å². The number of benzene rings is 1. The molecule has 20 heavy (non-hydrogen) atoms. The summed E-state index contributed by atoms with van der Waals surface area (Å²) in [4.78, 5) is 15.6. The third-order valence-corrected chi connectivity index (χ3v) is 3.10. The van der Waals surface area contributed by atoms with Gasteiger partial charge in [-0.15, -0.1) is 11.3 Å². The Morgan fingerprint density at radius 2 is 1.95 bits per heavy atom. The number of nitrogens with zero attached hydrogens (tertiary/aromatic N) is 1. The summed E-state index contributed by atoms with van der Waals surface area (Å²) >= 11 is 1.39. The summed E-state index contributed by atoms with van der Waals surface area (Å²) in [6, 6.07) is 7.33. The minimum Gasteiger partial charge on any atom is -0.494 e. The molecule has 0 unspecified atom stereocenters. The van der Waals surface area contributed by atoms with E-state index in [4.69, 9.17) is 9.47 Å². The quantitative estimate of drug-likeness (QED) is 0.852. The van der Waals surface area contributed by atoms with E-state index in [0.29, 0.717) is 18.3 Å². The van der Waals surface area contributed by atoms with E-state index in [2.05, 4.69) is 10.3 Å². The van der Waals surface area contributed by atoms with Crippen molar-refractivity contribution >= 4 is 22.4 Å². The van der Waals surface area contributed by atoms with Crippen LogP contribution in [0.3, 0.4) is 0 Å². The number of hydrogen-bond acceptors (Lipinski definition) is 5. The van der Waals surface area contributed by atoms with Gasteiger partial charge in [-0.3, -0.25) is 4.79 Å². The molecule has 0 aliphatic heterocycles. The first kappa shape index (κ1) is 14.3. The van der Waals surface area contributed by atoms with Crippen molar-refractivity contribution in [2.75, 3.05) is 18.5 Å². The Morgan fingerprint density at radius 3 is 2.55 bits per heavy atom. The van der Waals surface area contributed by atoms with E-state index in [9.17, 15) is 4.79 Å². The predicted molar refractivity (Wildman–Crippen MR) is 78.5 cm³/mol. The van der Waals surface area contributed by atoms with E-state index < -0.39 is 0 Å². The van der Waals surface area contributed by atoms with Crippen LogP contribution in [0.4, 0.5) is 5.13 Å². The van der Waals surface area contributed by atoms with Gasteiger partial charge in [-0.25, -0.2) is 4.98 Å². The Morgan fingerprint density at radius 1 is 1.25 bits per heavy atom. The second-order valence-corrected chi connectivity index (χ2v) is 4.78. The fourth-order valence-electron chi connectivity index (χ4n) is 1.53. The monoisotopic (exact) mass is 292 g/mol. The van der Waals surface area contributed by atoms with Gasteiger partial charge in [0.15, 0.2) is 5.13 Å². The molecule has 0 aliphatic rings. The first-order valence-electron chi connectivity index (χ1n) is 6.33. The Hall–Kier alpha value is -2.08. The van der Waals surface area contributed by atoms with Crippen LogP contribution in [-0.4, -0.2) is 24.1 Å². The van der Waals surface area contributed by atoms with Crippen LogP contribution in [0.15, 0.2) is 35.8 Å². The van der Waals surface area contributed by atoms with Crippen LogP contribution in [0.5, 0.6) is 11.5 Å². The molecule has 0 radical (unpaired) electrons. The minimum atomic E-state index is -0.106. The summed E-state index contributed by atoms with van der Waals surface area (Å²) in [5.74, 6) is 1.42. The lowest BCUT2D eigenvalue weighted by molar-refractivity contribution is -0.116. The minimum absolute atomic E-state index is 0.106. The highest BCUT2D eigenvalue weighted by molar-refractivity contribution is 7.13. The summed E-state index contributed by atoms with van der Waals surface area (Å²) in [5, 5.41) is 5.12. The zero-order valence-electron chi connectivity index (χ0n) is 11.2. The first-order valence-corrected chi connectivity index (χ1v) is 7.21. The standard InChI is InChI=1S/C14H16N2O3S/c1-2-18-11-3-5-12(6-4-11)19-9-7-13(17)16-14-15-8-10-20-14/h3-6,8,10H,2,7,9H2,1H3,(H,15,16,17). The molecule has 0 saturated carbocycles. The lowest BCUT2D eigenvalue weighted by Crippen LogP contribution is -2.14. The summed E-state index contributed by atoms with van der Waals surface area (Å²) < 4.78 is 10.8. The maximum atomic E-state index is 11.6. The highest BCUT2D eigenvalue weighted by atomic mass is 32.1. The Kier molecular flexibility index (Phi) is 5.37. The smallest absolute Gasteiger partial charge is 0.229 e. The van der Waals surface area contributed by atoms with Crippen molar-refractivity contribution in [2.24, 2.45) is 0 Å². The van der Waals surface area contributed by atoms with Gasteiger partial charge in [0.05, 0.1) is 19.6 Å². The summed E-state index contributed by atoms with van der Waals surface area (Å²) in [6.45, 7) is 2.90. The molecule has 0 atom stereocenters. The molecular formula is C14H16N2O3S. The number of hydrogen-bond donors (Lipinski definition) is 1. The zero-order chi connectivity index (χ0) is 14.2. The summed E-state index contributed by atoms with van der Waals surface area (Å²) in [7, 11) is 0. The van der Waals surface area contributed by atoms with Gasteiger partial charge < -0.3 is 14.8 Å². The van der Waals surface area contributed by atoms with E-state index in [0.717, 1.165) is 11.5 Å². The number of nitrogens with one attached hydrogen (secondary N) is 1. The van der Waals surface area contributed by atoms with E-state index in [1.165, 1.54) is 11.3 Å². The molecule has 0 fully saturated rings. The van der Waals surface area contributed by atoms with Crippen molar-refractivity contribution in [3.63, 3.8) is 0 Å². The van der Waals surface area contributed by atoms with Crippen LogP contribution in [0.25, 0.3) is 0 Å². The molecule has 0 aliphatic carbocycles. The molecular weight excluding hydrogens is 276 g/mol. The molecule has 6 heteroatoms. The molecule has 0 saturated heterocycles. The lowest BCUT2D eigenvalue weighted by Gasteiger charge is -2.07. The van der Waals surface area contributed by atoms with E-state index in [1.54, 1.807) is 6.20 Å². The number of rotatable bonds is 7. The molecule has 0 spiro atoms. The Balaban J connectivity index is 1.71. The molecule has 2 aromatic rings. The molecule has 1 N–H and O–H groups in total. The van der Waals surface area contributed by atoms with Crippen LogP contribution < -0.4 is 14.8 Å². The van der Waals surface area contributed by atoms with Crippen LogP contribution >= 0.6 is 11.3 Å². The fourth-order valence-corrected chi connectivity index (χ4v) is 2.07. The molecule has 0 bridgehead atoms. The third-order valence-electron chi connectivity index (χ3n) is 2.41. The van der Waals surface area contributed by atoms with Crippen molar-refractivity contribution < 1.29 is 14.3 Å². The molecule has 1 aromatic carbocycles. The van der Waals surface area contributed by atoms with Crippen molar-refractivity contribution in [3.05, 3.63) is 35.8 Å². The zero-order valence-corrected chi connectivity index (χ0v) is 12.0. The molecule has 2 rings (SSSR count). The van der Waals surface area contributed by atoms with Crippen molar-refractivity contribution in [2.45, 2.75) is 13.3 Å². The van der Waals surface area contributed by atoms with Crippen molar-refractivity contribution in [3.8, 4) is 11.5 Å². The number of carbonyl (C=O) groups is 1. The van der Waals surface area contributed by atoms with Crippen LogP contribution in [0.1, 0.15) is 13.3 Å². The maximum absolute atomic E-state index is 11.6. The normalized spacial score (nSPS) is 10.1. The molecule has 5 nitrogen and oxygen atoms in total. The van der Waals surface area contributed by atoms with Gasteiger partial charge in [-0.1, -0.05) is 0 Å². The topological polar surface area (TPSA) is 60.5 Å². The van der Waals surface area contributed by atoms with E-state index >= 15 is 0 Å². The number of aromatic nitrogens is 1. The largest absolute Gasteiger partial charge is 0.494 e. The Labute approximate surface area is 121 Å². The van der Waals surface area contributed by atoms with Gasteiger partial charge in [0, 0.05) is 11.6 Å². The van der Waals surface area contributed by atoms with Crippen molar-refractivity contribution in [1.29, 1.82) is 0 Å². The van der Waals surface area contributed by atoms with Gasteiger partial charge in [0.1, 0.15) is 11.5 Å². The summed E-state index contributed by atoms with van der Waals surface area (Å²) in [5.41, 5.74) is 0. The molecule has 1 heterocycles. The highest BCUT2D eigenvalue weighted by Gasteiger charge is 2.04. The first-order chi connectivity index (χ1) is 9.78. The number of amides is 1. The van der Waals surface area contributed by atoms with Gasteiger partial charge in [-0.2, -0.15) is 0 Å². The van der Waals surface area contributed by atoms with Gasteiger partial charge in [0.2, 0.25) is 5.91 Å². The average Bonchev–Trinajstić information content (AvgIpc) is 2.94. The van der Waals surface area contributed by atoms with Crippen LogP contribution in [0, 0.1) is 0 Å².